The van der Waals surface area contributed by atoms with E-state index < -0.39 is 10.0 Å². The summed E-state index contributed by atoms with van der Waals surface area (Å²) in [5, 5.41) is 5.07. The average molecular weight is 330 g/mol. The molecule has 0 aliphatic rings. The molecule has 0 amide bonds. The Morgan fingerprint density at radius 2 is 1.57 bits per heavy atom. The van der Waals surface area contributed by atoms with E-state index in [0.29, 0.717) is 11.6 Å². The van der Waals surface area contributed by atoms with Crippen LogP contribution in [0, 0.1) is 0 Å². The van der Waals surface area contributed by atoms with Gasteiger partial charge in [0.2, 0.25) is 10.0 Å². The van der Waals surface area contributed by atoms with Gasteiger partial charge in [-0.2, -0.15) is 0 Å². The molecule has 0 bridgehead atoms. The van der Waals surface area contributed by atoms with E-state index in [9.17, 15) is 8.42 Å². The Kier molecular flexibility index (Phi) is 5.69. The highest BCUT2D eigenvalue weighted by atomic mass is 32.2. The lowest BCUT2D eigenvalue weighted by molar-refractivity contribution is 0.598. The monoisotopic (exact) mass is 330 g/mol. The second kappa shape index (κ2) is 7.53. The molecule has 0 atom stereocenters. The molecule has 2 N–H and O–H groups in total. The maximum absolute atomic E-state index is 11.2. The summed E-state index contributed by atoms with van der Waals surface area (Å²) >= 11 is 0. The van der Waals surface area contributed by atoms with E-state index in [0.717, 1.165) is 18.4 Å². The SMILES string of the molecule is CCC(CC)c1ccc(C=Nc2ccc(S(N)(=O)=O)cc2)cc1. The number of rotatable bonds is 6. The van der Waals surface area contributed by atoms with Crippen LogP contribution in [-0.2, 0) is 10.0 Å². The Balaban J connectivity index is 2.11. The molecule has 0 heterocycles. The maximum atomic E-state index is 11.2. The first kappa shape index (κ1) is 17.4. The third-order valence-electron chi connectivity index (χ3n) is 3.92. The van der Waals surface area contributed by atoms with Crippen molar-refractivity contribution in [1.82, 2.24) is 0 Å². The van der Waals surface area contributed by atoms with Crippen LogP contribution < -0.4 is 5.14 Å². The van der Waals surface area contributed by atoms with Gasteiger partial charge in [-0.05, 0) is 54.2 Å². The highest BCUT2D eigenvalue weighted by Gasteiger charge is 2.07. The van der Waals surface area contributed by atoms with E-state index in [4.69, 9.17) is 5.14 Å². The zero-order valence-corrected chi connectivity index (χ0v) is 14.3. The first-order valence-corrected chi connectivity index (χ1v) is 9.25. The Labute approximate surface area is 138 Å². The average Bonchev–Trinajstić information content (AvgIpc) is 2.55. The minimum absolute atomic E-state index is 0.0889. The predicted molar refractivity (Wildman–Crippen MR) is 94.8 cm³/mol. The summed E-state index contributed by atoms with van der Waals surface area (Å²) in [5.41, 5.74) is 3.04. The van der Waals surface area contributed by atoms with Crippen LogP contribution >= 0.6 is 0 Å². The molecule has 0 aromatic heterocycles. The van der Waals surface area contributed by atoms with Crippen molar-refractivity contribution >= 4 is 21.9 Å². The van der Waals surface area contributed by atoms with Gasteiger partial charge in [0.05, 0.1) is 10.6 Å². The number of nitrogens with zero attached hydrogens (tertiary/aromatic N) is 1. The number of primary sulfonamides is 1. The van der Waals surface area contributed by atoms with Crippen molar-refractivity contribution in [3.05, 3.63) is 59.7 Å². The topological polar surface area (TPSA) is 72.5 Å². The van der Waals surface area contributed by atoms with E-state index >= 15 is 0 Å². The molecular formula is C18H22N2O2S. The van der Waals surface area contributed by atoms with Crippen molar-refractivity contribution < 1.29 is 8.42 Å². The Morgan fingerprint density at radius 3 is 2.04 bits per heavy atom. The maximum Gasteiger partial charge on any atom is 0.238 e. The Bertz CT molecular complexity index is 760. The zero-order chi connectivity index (χ0) is 16.9. The molecule has 0 aliphatic heterocycles. The molecule has 4 nitrogen and oxygen atoms in total. The predicted octanol–water partition coefficient (Wildman–Crippen LogP) is 3.99. The first-order chi connectivity index (χ1) is 10.9. The van der Waals surface area contributed by atoms with Crippen LogP contribution in [0.3, 0.4) is 0 Å². The van der Waals surface area contributed by atoms with Gasteiger partial charge >= 0.3 is 0 Å². The molecule has 0 unspecified atom stereocenters. The second-order valence-corrected chi connectivity index (χ2v) is 7.04. The van der Waals surface area contributed by atoms with Gasteiger partial charge < -0.3 is 0 Å². The minimum Gasteiger partial charge on any atom is -0.256 e. The molecule has 5 heteroatoms. The normalized spacial score (nSPS) is 12.2. The van der Waals surface area contributed by atoms with Crippen molar-refractivity contribution in [1.29, 1.82) is 0 Å². The van der Waals surface area contributed by atoms with Crippen molar-refractivity contribution in [3.8, 4) is 0 Å². The summed E-state index contributed by atoms with van der Waals surface area (Å²) in [7, 11) is -3.66. The quantitative estimate of drug-likeness (QED) is 0.813. The highest BCUT2D eigenvalue weighted by molar-refractivity contribution is 7.89. The van der Waals surface area contributed by atoms with Gasteiger partial charge in [-0.3, -0.25) is 4.99 Å². The standard InChI is InChI=1S/C18H22N2O2S/c1-3-15(4-2)16-7-5-14(6-8-16)13-20-17-9-11-18(12-10-17)23(19,21)22/h5-13,15H,3-4H2,1-2H3,(H2,19,21,22). The van der Waals surface area contributed by atoms with Crippen LogP contribution in [0.5, 0.6) is 0 Å². The third kappa shape index (κ3) is 4.74. The van der Waals surface area contributed by atoms with E-state index in [1.54, 1.807) is 18.3 Å². The number of hydrogen-bond acceptors (Lipinski definition) is 3. The molecule has 23 heavy (non-hydrogen) atoms. The van der Waals surface area contributed by atoms with E-state index in [1.165, 1.54) is 17.7 Å². The summed E-state index contributed by atoms with van der Waals surface area (Å²) in [5.74, 6) is 0.603. The highest BCUT2D eigenvalue weighted by Crippen LogP contribution is 2.23. The lowest BCUT2D eigenvalue weighted by Crippen LogP contribution is -2.11. The molecule has 122 valence electrons. The Morgan fingerprint density at radius 1 is 1.00 bits per heavy atom. The summed E-state index contributed by atoms with van der Waals surface area (Å²) in [4.78, 5) is 4.44. The smallest absolute Gasteiger partial charge is 0.238 e. The van der Waals surface area contributed by atoms with E-state index in [-0.39, 0.29) is 4.90 Å². The van der Waals surface area contributed by atoms with Gasteiger partial charge in [0.25, 0.3) is 0 Å². The lowest BCUT2D eigenvalue weighted by atomic mass is 9.93. The summed E-state index contributed by atoms with van der Waals surface area (Å²) in [6, 6.07) is 14.6. The summed E-state index contributed by atoms with van der Waals surface area (Å²) < 4.78 is 22.4. The molecule has 0 saturated heterocycles. The van der Waals surface area contributed by atoms with Gasteiger partial charge in [-0.25, -0.2) is 13.6 Å². The van der Waals surface area contributed by atoms with E-state index in [2.05, 4.69) is 43.1 Å². The van der Waals surface area contributed by atoms with Gasteiger partial charge in [0.1, 0.15) is 0 Å². The third-order valence-corrected chi connectivity index (χ3v) is 4.85. The molecule has 0 radical (unpaired) electrons. The van der Waals surface area contributed by atoms with Crippen LogP contribution in [0.2, 0.25) is 0 Å². The zero-order valence-electron chi connectivity index (χ0n) is 13.4. The van der Waals surface area contributed by atoms with Crippen LogP contribution in [0.15, 0.2) is 58.4 Å². The van der Waals surface area contributed by atoms with Gasteiger partial charge in [-0.1, -0.05) is 38.1 Å². The van der Waals surface area contributed by atoms with E-state index in [1.807, 2.05) is 0 Å². The molecule has 2 rings (SSSR count). The van der Waals surface area contributed by atoms with Gasteiger partial charge in [0.15, 0.2) is 0 Å². The van der Waals surface area contributed by atoms with Crippen molar-refractivity contribution in [2.24, 2.45) is 10.1 Å². The number of sulfonamides is 1. The van der Waals surface area contributed by atoms with Crippen LogP contribution in [-0.4, -0.2) is 14.6 Å². The fourth-order valence-corrected chi connectivity index (χ4v) is 3.00. The Hall–Kier alpha value is -1.98. The number of benzene rings is 2. The molecule has 0 fully saturated rings. The number of nitrogens with two attached hydrogens (primary N) is 1. The van der Waals surface area contributed by atoms with Gasteiger partial charge in [0, 0.05) is 6.21 Å². The second-order valence-electron chi connectivity index (χ2n) is 5.48. The van der Waals surface area contributed by atoms with Crippen molar-refractivity contribution in [2.45, 2.75) is 37.5 Å². The van der Waals surface area contributed by atoms with Crippen molar-refractivity contribution in [3.63, 3.8) is 0 Å². The minimum atomic E-state index is -3.66. The van der Waals surface area contributed by atoms with Crippen LogP contribution in [0.4, 0.5) is 5.69 Å². The fraction of sp³-hybridized carbons (Fsp3) is 0.278. The first-order valence-electron chi connectivity index (χ1n) is 7.71. The molecule has 2 aromatic carbocycles. The molecule has 0 spiro atoms. The van der Waals surface area contributed by atoms with Gasteiger partial charge in [-0.15, -0.1) is 0 Å². The van der Waals surface area contributed by atoms with Crippen LogP contribution in [0.25, 0.3) is 0 Å². The molecule has 2 aromatic rings. The largest absolute Gasteiger partial charge is 0.256 e. The molecule has 0 aliphatic carbocycles. The molecule has 0 saturated carbocycles. The fourth-order valence-electron chi connectivity index (χ4n) is 2.49. The lowest BCUT2D eigenvalue weighted by Gasteiger charge is -2.12. The summed E-state index contributed by atoms with van der Waals surface area (Å²) in [6.45, 7) is 4.41. The van der Waals surface area contributed by atoms with Crippen molar-refractivity contribution in [2.75, 3.05) is 0 Å². The summed E-state index contributed by atoms with van der Waals surface area (Å²) in [6.07, 6.45) is 4.04. The molecular weight excluding hydrogens is 308 g/mol. The number of aliphatic imine (C=N–C) groups is 1. The number of hydrogen-bond donors (Lipinski definition) is 1. The van der Waals surface area contributed by atoms with Crippen LogP contribution in [0.1, 0.15) is 43.7 Å².